The van der Waals surface area contributed by atoms with E-state index < -0.39 is 49.2 Å². The summed E-state index contributed by atoms with van der Waals surface area (Å²) in [7, 11) is 1.45. The average molecular weight is 447 g/mol. The van der Waals surface area contributed by atoms with Gasteiger partial charge in [-0.15, -0.1) is 0 Å². The van der Waals surface area contributed by atoms with Gasteiger partial charge in [-0.2, -0.15) is 0 Å². The van der Waals surface area contributed by atoms with Gasteiger partial charge in [-0.3, -0.25) is 4.79 Å². The summed E-state index contributed by atoms with van der Waals surface area (Å²) in [6.07, 6.45) is -7.03. The van der Waals surface area contributed by atoms with Crippen molar-refractivity contribution in [3.05, 3.63) is 53.1 Å². The standard InChI is InChI=1S/C22H25NO9/c1-10-5-11(12-6-13(20(28)23-2)8-14(7-12)21(29)30)3-4-15(10)31-22-19(27)18(26)17(25)16(9-24)32-22/h3-8,16-19,22,24-27H,9H2,1-2H3,(H,23,28)(H,29,30)/t16-,17-,18+,19+,22+/m1/s1. The predicted octanol–water partition coefficient (Wildman–Crippen LogP) is -0.101. The Labute approximate surface area is 183 Å². The molecule has 3 rings (SSSR count). The second-order valence-corrected chi connectivity index (χ2v) is 7.48. The number of hydrogen-bond acceptors (Lipinski definition) is 8. The number of carbonyl (C=O) groups is 2. The van der Waals surface area contributed by atoms with E-state index in [-0.39, 0.29) is 11.1 Å². The van der Waals surface area contributed by atoms with E-state index >= 15 is 0 Å². The normalized spacial score (nSPS) is 25.2. The van der Waals surface area contributed by atoms with Crippen LogP contribution in [0.1, 0.15) is 26.3 Å². The summed E-state index contributed by atoms with van der Waals surface area (Å²) in [4.78, 5) is 23.5. The van der Waals surface area contributed by atoms with Crippen LogP contribution in [0.3, 0.4) is 0 Å². The molecule has 2 aromatic carbocycles. The molecule has 0 aliphatic carbocycles. The van der Waals surface area contributed by atoms with Crippen LogP contribution in [0, 0.1) is 6.92 Å². The van der Waals surface area contributed by atoms with Crippen LogP contribution in [-0.4, -0.2) is 81.8 Å². The number of ether oxygens (including phenoxy) is 2. The Kier molecular flexibility index (Phi) is 7.12. The smallest absolute Gasteiger partial charge is 0.335 e. The van der Waals surface area contributed by atoms with Crippen LogP contribution >= 0.6 is 0 Å². The van der Waals surface area contributed by atoms with Gasteiger partial charge in [0.25, 0.3) is 5.91 Å². The molecule has 10 nitrogen and oxygen atoms in total. The minimum absolute atomic E-state index is 0.0413. The molecule has 1 amide bonds. The number of hydrogen-bond donors (Lipinski definition) is 6. The lowest BCUT2D eigenvalue weighted by Crippen LogP contribution is -2.60. The van der Waals surface area contributed by atoms with Gasteiger partial charge in [-0.25, -0.2) is 4.79 Å². The molecule has 0 bridgehead atoms. The summed E-state index contributed by atoms with van der Waals surface area (Å²) in [6, 6.07) is 9.21. The lowest BCUT2D eigenvalue weighted by molar-refractivity contribution is -0.277. The van der Waals surface area contributed by atoms with Gasteiger partial charge in [0.05, 0.1) is 12.2 Å². The van der Waals surface area contributed by atoms with Crippen LogP contribution in [0.25, 0.3) is 11.1 Å². The second kappa shape index (κ2) is 9.63. The third kappa shape index (κ3) is 4.74. The van der Waals surface area contributed by atoms with Crippen molar-refractivity contribution in [2.75, 3.05) is 13.7 Å². The molecule has 1 fully saturated rings. The Bertz CT molecular complexity index is 1010. The fourth-order valence-corrected chi connectivity index (χ4v) is 3.44. The molecule has 32 heavy (non-hydrogen) atoms. The van der Waals surface area contributed by atoms with Crippen molar-refractivity contribution in [2.45, 2.75) is 37.6 Å². The summed E-state index contributed by atoms with van der Waals surface area (Å²) in [5, 5.41) is 51.1. The quantitative estimate of drug-likeness (QED) is 0.354. The molecule has 0 spiro atoms. The van der Waals surface area contributed by atoms with Gasteiger partial charge in [-0.1, -0.05) is 6.07 Å². The number of rotatable bonds is 6. The van der Waals surface area contributed by atoms with Crippen molar-refractivity contribution >= 4 is 11.9 Å². The van der Waals surface area contributed by atoms with E-state index in [0.717, 1.165) is 0 Å². The van der Waals surface area contributed by atoms with Gasteiger partial charge in [-0.05, 0) is 53.9 Å². The summed E-state index contributed by atoms with van der Waals surface area (Å²) in [5.41, 5.74) is 1.88. The van der Waals surface area contributed by atoms with Gasteiger partial charge in [0.1, 0.15) is 30.2 Å². The van der Waals surface area contributed by atoms with E-state index in [4.69, 9.17) is 9.47 Å². The highest BCUT2D eigenvalue weighted by atomic mass is 16.7. The van der Waals surface area contributed by atoms with Gasteiger partial charge >= 0.3 is 5.97 Å². The number of carboxylic acids is 1. The molecule has 2 aromatic rings. The number of carboxylic acid groups (broad SMARTS) is 1. The van der Waals surface area contributed by atoms with E-state index in [2.05, 4.69) is 5.32 Å². The number of aromatic carboxylic acids is 1. The maximum atomic E-state index is 12.0. The Balaban J connectivity index is 1.89. The molecule has 0 aromatic heterocycles. The second-order valence-electron chi connectivity index (χ2n) is 7.48. The van der Waals surface area contributed by atoms with Gasteiger partial charge < -0.3 is 40.3 Å². The highest BCUT2D eigenvalue weighted by Gasteiger charge is 2.44. The molecule has 172 valence electrons. The van der Waals surface area contributed by atoms with Crippen molar-refractivity contribution < 1.29 is 44.6 Å². The monoisotopic (exact) mass is 447 g/mol. The Morgan fingerprint density at radius 1 is 1.00 bits per heavy atom. The van der Waals surface area contributed by atoms with E-state index in [9.17, 15) is 35.1 Å². The molecule has 1 saturated heterocycles. The lowest BCUT2D eigenvalue weighted by Gasteiger charge is -2.39. The number of benzene rings is 2. The zero-order valence-electron chi connectivity index (χ0n) is 17.4. The Morgan fingerprint density at radius 3 is 2.28 bits per heavy atom. The van der Waals surface area contributed by atoms with Gasteiger partial charge in [0, 0.05) is 12.6 Å². The fraction of sp³-hybridized carbons (Fsp3) is 0.364. The Hall–Kier alpha value is -3.02. The first-order chi connectivity index (χ1) is 15.2. The van der Waals surface area contributed by atoms with E-state index in [0.29, 0.717) is 22.4 Å². The molecule has 1 aliphatic rings. The third-order valence-electron chi connectivity index (χ3n) is 5.27. The van der Waals surface area contributed by atoms with E-state index in [1.54, 1.807) is 31.2 Å². The van der Waals surface area contributed by atoms with Crippen LogP contribution in [0.5, 0.6) is 5.75 Å². The van der Waals surface area contributed by atoms with Crippen LogP contribution in [0.4, 0.5) is 0 Å². The van der Waals surface area contributed by atoms with Crippen molar-refractivity contribution in [3.8, 4) is 16.9 Å². The van der Waals surface area contributed by atoms with Crippen molar-refractivity contribution in [2.24, 2.45) is 0 Å². The third-order valence-corrected chi connectivity index (χ3v) is 5.27. The number of aliphatic hydroxyl groups excluding tert-OH is 4. The summed E-state index contributed by atoms with van der Waals surface area (Å²) in [6.45, 7) is 1.14. The molecule has 6 N–H and O–H groups in total. The minimum Gasteiger partial charge on any atom is -0.478 e. The van der Waals surface area contributed by atoms with Crippen LogP contribution in [0.15, 0.2) is 36.4 Å². The highest BCUT2D eigenvalue weighted by Crippen LogP contribution is 2.30. The fourth-order valence-electron chi connectivity index (χ4n) is 3.44. The molecule has 0 radical (unpaired) electrons. The molecule has 1 heterocycles. The van der Waals surface area contributed by atoms with Crippen molar-refractivity contribution in [1.29, 1.82) is 0 Å². The predicted molar refractivity (Wildman–Crippen MR) is 111 cm³/mol. The van der Waals surface area contributed by atoms with Crippen LogP contribution in [-0.2, 0) is 4.74 Å². The number of carbonyl (C=O) groups excluding carboxylic acids is 1. The van der Waals surface area contributed by atoms with Crippen LogP contribution in [0.2, 0.25) is 0 Å². The molecular formula is C22H25NO9. The van der Waals surface area contributed by atoms with E-state index in [1.807, 2.05) is 0 Å². The zero-order valence-corrected chi connectivity index (χ0v) is 17.4. The minimum atomic E-state index is -1.56. The molecule has 0 saturated carbocycles. The maximum Gasteiger partial charge on any atom is 0.335 e. The molecule has 10 heteroatoms. The summed E-state index contributed by atoms with van der Waals surface area (Å²) in [5.74, 6) is -1.29. The molecule has 1 aliphatic heterocycles. The molecule has 0 unspecified atom stereocenters. The van der Waals surface area contributed by atoms with Crippen molar-refractivity contribution in [3.63, 3.8) is 0 Å². The molecular weight excluding hydrogens is 422 g/mol. The van der Waals surface area contributed by atoms with E-state index in [1.165, 1.54) is 19.2 Å². The number of aliphatic hydroxyl groups is 4. The average Bonchev–Trinajstić information content (AvgIpc) is 2.79. The largest absolute Gasteiger partial charge is 0.478 e. The SMILES string of the molecule is CNC(=O)c1cc(C(=O)O)cc(-c2ccc(O[C@H]3O[C@H](CO)[C@@H](O)[C@H](O)[C@@H]3O)c(C)c2)c1. The summed E-state index contributed by atoms with van der Waals surface area (Å²) < 4.78 is 11.0. The zero-order chi connectivity index (χ0) is 23.6. The summed E-state index contributed by atoms with van der Waals surface area (Å²) >= 11 is 0. The molecule has 5 atom stereocenters. The number of amides is 1. The topological polar surface area (TPSA) is 166 Å². The first-order valence-electron chi connectivity index (χ1n) is 9.85. The first kappa shape index (κ1) is 23.6. The number of aryl methyl sites for hydroxylation is 1. The maximum absolute atomic E-state index is 12.0. The van der Waals surface area contributed by atoms with Crippen molar-refractivity contribution in [1.82, 2.24) is 5.32 Å². The Morgan fingerprint density at radius 2 is 1.69 bits per heavy atom. The first-order valence-corrected chi connectivity index (χ1v) is 9.85. The highest BCUT2D eigenvalue weighted by molar-refractivity contribution is 5.99. The van der Waals surface area contributed by atoms with Gasteiger partial charge in [0.2, 0.25) is 6.29 Å². The lowest BCUT2D eigenvalue weighted by atomic mass is 9.97. The van der Waals surface area contributed by atoms with Gasteiger partial charge in [0.15, 0.2) is 0 Å². The number of nitrogens with one attached hydrogen (secondary N) is 1. The van der Waals surface area contributed by atoms with Crippen LogP contribution < -0.4 is 10.1 Å².